The van der Waals surface area contributed by atoms with Crippen molar-refractivity contribution in [1.82, 2.24) is 4.98 Å². The summed E-state index contributed by atoms with van der Waals surface area (Å²) in [5.74, 6) is 0. The van der Waals surface area contributed by atoms with Crippen molar-refractivity contribution < 1.29 is 21.6 Å². The Kier molecular flexibility index (Phi) is 2.33. The van der Waals surface area contributed by atoms with Crippen LogP contribution in [0, 0.1) is 0 Å². The van der Waals surface area contributed by atoms with Crippen molar-refractivity contribution in [2.24, 2.45) is 0 Å². The van der Waals surface area contributed by atoms with Gasteiger partial charge in [-0.1, -0.05) is 0 Å². The van der Waals surface area contributed by atoms with Crippen molar-refractivity contribution >= 4 is 19.7 Å². The third kappa shape index (κ3) is 2.38. The molecule has 1 aromatic rings. The standard InChI is InChI=1S/C5H3ClF3NO2S/c6-13(11,12)3-1-4(10-2-3)5(7,8)9/h1-2,10H. The van der Waals surface area contributed by atoms with E-state index in [9.17, 15) is 21.6 Å². The summed E-state index contributed by atoms with van der Waals surface area (Å²) < 4.78 is 56.9. The second-order valence-electron chi connectivity index (χ2n) is 2.18. The Labute approximate surface area is 75.9 Å². The topological polar surface area (TPSA) is 49.9 Å². The molecule has 0 unspecified atom stereocenters. The number of nitrogens with one attached hydrogen (secondary N) is 1. The van der Waals surface area contributed by atoms with Crippen molar-refractivity contribution in [2.45, 2.75) is 11.1 Å². The molecule has 74 valence electrons. The zero-order valence-electron chi connectivity index (χ0n) is 5.89. The first-order valence-corrected chi connectivity index (χ1v) is 5.22. The first-order chi connectivity index (χ1) is 5.71. The summed E-state index contributed by atoms with van der Waals surface area (Å²) in [6, 6.07) is 0.433. The second kappa shape index (κ2) is 2.91. The van der Waals surface area contributed by atoms with Gasteiger partial charge in [0.05, 0.1) is 0 Å². The van der Waals surface area contributed by atoms with Gasteiger partial charge in [-0.05, 0) is 6.07 Å². The van der Waals surface area contributed by atoms with Gasteiger partial charge in [0.1, 0.15) is 10.6 Å². The normalized spacial score (nSPS) is 13.2. The molecular weight excluding hydrogens is 231 g/mol. The number of hydrogen-bond acceptors (Lipinski definition) is 2. The number of rotatable bonds is 1. The fraction of sp³-hybridized carbons (Fsp3) is 0.200. The van der Waals surface area contributed by atoms with E-state index in [-0.39, 0.29) is 0 Å². The molecule has 3 nitrogen and oxygen atoms in total. The summed E-state index contributed by atoms with van der Waals surface area (Å²) in [6.07, 6.45) is -3.91. The molecule has 0 atom stereocenters. The van der Waals surface area contributed by atoms with Gasteiger partial charge in [0.15, 0.2) is 0 Å². The number of hydrogen-bond donors (Lipinski definition) is 1. The lowest BCUT2D eigenvalue weighted by Crippen LogP contribution is -2.04. The van der Waals surface area contributed by atoms with Crippen LogP contribution in [-0.4, -0.2) is 13.4 Å². The summed E-state index contributed by atoms with van der Waals surface area (Å²) in [7, 11) is 0.706. The molecule has 1 heterocycles. The maximum atomic E-state index is 11.9. The molecule has 0 saturated carbocycles. The van der Waals surface area contributed by atoms with Crippen molar-refractivity contribution in [1.29, 1.82) is 0 Å². The molecule has 0 spiro atoms. The van der Waals surface area contributed by atoms with Crippen LogP contribution in [0.3, 0.4) is 0 Å². The van der Waals surface area contributed by atoms with Crippen molar-refractivity contribution in [3.63, 3.8) is 0 Å². The highest BCUT2D eigenvalue weighted by Crippen LogP contribution is 2.30. The first kappa shape index (κ1) is 10.4. The molecule has 0 aliphatic heterocycles. The van der Waals surface area contributed by atoms with E-state index in [0.29, 0.717) is 12.3 Å². The average molecular weight is 234 g/mol. The monoisotopic (exact) mass is 233 g/mol. The van der Waals surface area contributed by atoms with Crippen LogP contribution in [0.4, 0.5) is 13.2 Å². The van der Waals surface area contributed by atoms with Gasteiger partial charge >= 0.3 is 6.18 Å². The number of H-pyrrole nitrogens is 1. The highest BCUT2D eigenvalue weighted by atomic mass is 35.7. The molecule has 8 heteroatoms. The van der Waals surface area contributed by atoms with Gasteiger partial charge in [-0.3, -0.25) is 0 Å². The summed E-state index contributed by atoms with van der Waals surface area (Å²) in [6.45, 7) is 0. The summed E-state index contributed by atoms with van der Waals surface area (Å²) in [5, 5.41) is 0. The van der Waals surface area contributed by atoms with Crippen LogP contribution in [0.1, 0.15) is 5.69 Å². The van der Waals surface area contributed by atoms with Gasteiger partial charge in [-0.15, -0.1) is 0 Å². The Bertz CT molecular complexity index is 408. The Morgan fingerprint density at radius 1 is 1.38 bits per heavy atom. The van der Waals surface area contributed by atoms with Crippen molar-refractivity contribution in [3.05, 3.63) is 18.0 Å². The number of aromatic nitrogens is 1. The summed E-state index contributed by atoms with van der Waals surface area (Å²) in [4.78, 5) is 1.17. The smallest absolute Gasteiger partial charge is 0.356 e. The predicted octanol–water partition coefficient (Wildman–Crippen LogP) is 1.96. The number of halogens is 4. The lowest BCUT2D eigenvalue weighted by molar-refractivity contribution is -0.140. The van der Waals surface area contributed by atoms with Crippen LogP contribution < -0.4 is 0 Å². The van der Waals surface area contributed by atoms with E-state index in [2.05, 4.69) is 0 Å². The van der Waals surface area contributed by atoms with E-state index in [0.717, 1.165) is 0 Å². The third-order valence-corrected chi connectivity index (χ3v) is 2.58. The van der Waals surface area contributed by atoms with E-state index >= 15 is 0 Å². The molecule has 1 N–H and O–H groups in total. The van der Waals surface area contributed by atoms with Crippen molar-refractivity contribution in [2.75, 3.05) is 0 Å². The van der Waals surface area contributed by atoms with Gasteiger partial charge in [0.25, 0.3) is 9.05 Å². The van der Waals surface area contributed by atoms with E-state index in [1.54, 1.807) is 4.98 Å². The molecule has 0 amide bonds. The lowest BCUT2D eigenvalue weighted by Gasteiger charge is -2.00. The SMILES string of the molecule is O=S(=O)(Cl)c1c[nH]c(C(F)(F)F)c1. The molecule has 0 aromatic carbocycles. The largest absolute Gasteiger partial charge is 0.431 e. The lowest BCUT2D eigenvalue weighted by atomic mass is 10.4. The molecule has 1 rings (SSSR count). The van der Waals surface area contributed by atoms with Gasteiger partial charge in [0, 0.05) is 16.9 Å². The van der Waals surface area contributed by atoms with E-state index < -0.39 is 25.8 Å². The van der Waals surface area contributed by atoms with Crippen LogP contribution in [0.15, 0.2) is 17.2 Å². The fourth-order valence-electron chi connectivity index (χ4n) is 0.679. The van der Waals surface area contributed by atoms with Crippen LogP contribution >= 0.6 is 10.7 Å². The van der Waals surface area contributed by atoms with E-state index in [4.69, 9.17) is 10.7 Å². The van der Waals surface area contributed by atoms with Crippen LogP contribution in [0.25, 0.3) is 0 Å². The van der Waals surface area contributed by atoms with Gasteiger partial charge in [-0.25, -0.2) is 8.42 Å². The quantitative estimate of drug-likeness (QED) is 0.754. The molecule has 0 aliphatic rings. The average Bonchev–Trinajstić information content (AvgIpc) is 2.28. The fourth-order valence-corrected chi connectivity index (χ4v) is 1.40. The first-order valence-electron chi connectivity index (χ1n) is 2.91. The Balaban J connectivity index is 3.16. The number of alkyl halides is 3. The van der Waals surface area contributed by atoms with E-state index in [1.807, 2.05) is 0 Å². The molecule has 0 saturated heterocycles. The Morgan fingerprint density at radius 2 is 1.92 bits per heavy atom. The molecule has 0 bridgehead atoms. The predicted molar refractivity (Wildman–Crippen MR) is 38.8 cm³/mol. The van der Waals surface area contributed by atoms with Crippen LogP contribution in [-0.2, 0) is 15.2 Å². The second-order valence-corrected chi connectivity index (χ2v) is 4.75. The van der Waals surface area contributed by atoms with E-state index in [1.165, 1.54) is 0 Å². The highest BCUT2D eigenvalue weighted by Gasteiger charge is 2.33. The zero-order chi connectivity index (χ0) is 10.3. The minimum absolute atomic E-state index is 0.433. The summed E-state index contributed by atoms with van der Waals surface area (Å²) >= 11 is 0. The Hall–Kier alpha value is -0.690. The maximum absolute atomic E-state index is 11.9. The zero-order valence-corrected chi connectivity index (χ0v) is 7.46. The van der Waals surface area contributed by atoms with Gasteiger partial charge in [-0.2, -0.15) is 13.2 Å². The molecule has 13 heavy (non-hydrogen) atoms. The minimum Gasteiger partial charge on any atom is -0.356 e. The van der Waals surface area contributed by atoms with Gasteiger partial charge in [0.2, 0.25) is 0 Å². The minimum atomic E-state index is -4.60. The maximum Gasteiger partial charge on any atom is 0.431 e. The number of aromatic amines is 1. The molecule has 1 aromatic heterocycles. The molecular formula is C5H3ClF3NO2S. The molecule has 0 fully saturated rings. The summed E-state index contributed by atoms with van der Waals surface area (Å²) in [5.41, 5.74) is -1.15. The Morgan fingerprint density at radius 3 is 2.15 bits per heavy atom. The molecule has 0 aliphatic carbocycles. The van der Waals surface area contributed by atoms with Gasteiger partial charge < -0.3 is 4.98 Å². The van der Waals surface area contributed by atoms with Crippen molar-refractivity contribution in [3.8, 4) is 0 Å². The molecule has 0 radical (unpaired) electrons. The van der Waals surface area contributed by atoms with Crippen LogP contribution in [0.2, 0.25) is 0 Å². The highest BCUT2D eigenvalue weighted by molar-refractivity contribution is 8.13. The van der Waals surface area contributed by atoms with Crippen LogP contribution in [0.5, 0.6) is 0 Å². The third-order valence-electron chi connectivity index (χ3n) is 1.24.